The third kappa shape index (κ3) is 1.54. The van der Waals surface area contributed by atoms with Crippen LogP contribution in [0.15, 0.2) is 12.3 Å². The third-order valence-corrected chi connectivity index (χ3v) is 2.86. The first-order valence-electron chi connectivity index (χ1n) is 4.94. The van der Waals surface area contributed by atoms with Gasteiger partial charge in [-0.3, -0.25) is 19.6 Å². The van der Waals surface area contributed by atoms with Crippen molar-refractivity contribution in [2.45, 2.75) is 19.0 Å². The number of nitrogens with one attached hydrogen (secondary N) is 1. The number of hydrogen-bond acceptors (Lipinski definition) is 4. The summed E-state index contributed by atoms with van der Waals surface area (Å²) in [5.74, 6) is -0.917. The Morgan fingerprint density at radius 2 is 2.31 bits per heavy atom. The van der Waals surface area contributed by atoms with Gasteiger partial charge in [-0.25, -0.2) is 0 Å². The summed E-state index contributed by atoms with van der Waals surface area (Å²) < 4.78 is 1.56. The fourth-order valence-electron chi connectivity index (χ4n) is 1.97. The summed E-state index contributed by atoms with van der Waals surface area (Å²) in [6.07, 6.45) is 1.70. The van der Waals surface area contributed by atoms with E-state index in [0.717, 1.165) is 0 Å². The van der Waals surface area contributed by atoms with E-state index in [1.54, 1.807) is 30.9 Å². The second kappa shape index (κ2) is 3.58. The van der Waals surface area contributed by atoms with Crippen molar-refractivity contribution in [1.82, 2.24) is 15.1 Å². The average Bonchev–Trinajstić information content (AvgIpc) is 2.73. The van der Waals surface area contributed by atoms with Gasteiger partial charge in [0.15, 0.2) is 0 Å². The Balaban J connectivity index is 2.33. The molecule has 0 aliphatic carbocycles. The van der Waals surface area contributed by atoms with Crippen LogP contribution in [0.2, 0.25) is 0 Å². The molecule has 1 N–H and O–H groups in total. The van der Waals surface area contributed by atoms with E-state index in [1.807, 2.05) is 0 Å². The van der Waals surface area contributed by atoms with Crippen molar-refractivity contribution in [3.8, 4) is 0 Å². The van der Waals surface area contributed by atoms with Gasteiger partial charge in [0.05, 0.1) is 5.69 Å². The lowest BCUT2D eigenvalue weighted by Crippen LogP contribution is -2.30. The molecule has 0 saturated carbocycles. The second-order valence-electron chi connectivity index (χ2n) is 3.97. The molecule has 0 bridgehead atoms. The highest BCUT2D eigenvalue weighted by Crippen LogP contribution is 2.29. The van der Waals surface area contributed by atoms with Crippen molar-refractivity contribution < 1.29 is 9.72 Å². The Morgan fingerprint density at radius 1 is 1.62 bits per heavy atom. The van der Waals surface area contributed by atoms with Crippen LogP contribution in [0, 0.1) is 16.0 Å². The van der Waals surface area contributed by atoms with Crippen LogP contribution < -0.4 is 5.32 Å². The van der Waals surface area contributed by atoms with Crippen LogP contribution in [0.25, 0.3) is 0 Å². The predicted octanol–water partition coefficient (Wildman–Crippen LogP) is -0.128. The monoisotopic (exact) mass is 224 g/mol. The normalized spacial score (nSPS) is 29.1. The van der Waals surface area contributed by atoms with Crippen LogP contribution in [-0.4, -0.2) is 26.7 Å². The molecule has 1 amide bonds. The molecule has 7 heteroatoms. The van der Waals surface area contributed by atoms with Crippen molar-refractivity contribution in [2.24, 2.45) is 13.0 Å². The molecule has 0 spiro atoms. The average molecular weight is 224 g/mol. The minimum Gasteiger partial charge on any atom is -0.341 e. The van der Waals surface area contributed by atoms with Gasteiger partial charge in [0.25, 0.3) is 0 Å². The third-order valence-electron chi connectivity index (χ3n) is 2.86. The van der Waals surface area contributed by atoms with Gasteiger partial charge < -0.3 is 5.32 Å². The highest BCUT2D eigenvalue weighted by atomic mass is 16.6. The predicted molar refractivity (Wildman–Crippen MR) is 54.0 cm³/mol. The largest absolute Gasteiger partial charge is 0.341 e. The smallest absolute Gasteiger partial charge is 0.249 e. The Bertz CT molecular complexity index is 442. The van der Waals surface area contributed by atoms with E-state index in [9.17, 15) is 14.9 Å². The molecule has 1 fully saturated rings. The molecule has 1 saturated heterocycles. The first-order chi connectivity index (χ1) is 7.50. The number of carbonyl (C=O) groups excluding carboxylic acids is 1. The van der Waals surface area contributed by atoms with E-state index in [4.69, 9.17) is 0 Å². The Kier molecular flexibility index (Phi) is 2.37. The van der Waals surface area contributed by atoms with Crippen LogP contribution >= 0.6 is 0 Å². The van der Waals surface area contributed by atoms with Crippen LogP contribution in [0.5, 0.6) is 0 Å². The summed E-state index contributed by atoms with van der Waals surface area (Å²) in [6.45, 7) is 1.56. The summed E-state index contributed by atoms with van der Waals surface area (Å²) >= 11 is 0. The molecule has 1 aliphatic rings. The Morgan fingerprint density at radius 3 is 2.81 bits per heavy atom. The molecule has 2 rings (SSSR count). The fraction of sp³-hybridized carbons (Fsp3) is 0.556. The van der Waals surface area contributed by atoms with E-state index in [2.05, 4.69) is 10.4 Å². The van der Waals surface area contributed by atoms with Gasteiger partial charge in [0.1, 0.15) is 12.0 Å². The quantitative estimate of drug-likeness (QED) is 0.559. The minimum absolute atomic E-state index is 0.294. The highest BCUT2D eigenvalue weighted by Gasteiger charge is 2.49. The molecular weight excluding hydrogens is 212 g/mol. The van der Waals surface area contributed by atoms with Gasteiger partial charge >= 0.3 is 0 Å². The molecule has 1 aliphatic heterocycles. The number of aromatic nitrogens is 2. The summed E-state index contributed by atoms with van der Waals surface area (Å²) in [6, 6.07) is 0.112. The number of nitro groups is 1. The van der Waals surface area contributed by atoms with Crippen molar-refractivity contribution in [3.63, 3.8) is 0 Å². The van der Waals surface area contributed by atoms with Crippen molar-refractivity contribution in [3.05, 3.63) is 28.1 Å². The number of nitrogens with zero attached hydrogens (tertiary/aromatic N) is 3. The maximum Gasteiger partial charge on any atom is 0.249 e. The van der Waals surface area contributed by atoms with Gasteiger partial charge in [0.2, 0.25) is 11.9 Å². The number of carbonyl (C=O) groups is 1. The summed E-state index contributed by atoms with van der Waals surface area (Å²) in [7, 11) is 1.73. The van der Waals surface area contributed by atoms with Crippen molar-refractivity contribution in [2.75, 3.05) is 0 Å². The van der Waals surface area contributed by atoms with Gasteiger partial charge in [-0.05, 0) is 13.0 Å². The van der Waals surface area contributed by atoms with Crippen LogP contribution in [-0.2, 0) is 11.8 Å². The molecule has 7 nitrogen and oxygen atoms in total. The van der Waals surface area contributed by atoms with Gasteiger partial charge in [-0.1, -0.05) is 0 Å². The molecule has 0 aromatic carbocycles. The van der Waals surface area contributed by atoms with Crippen LogP contribution in [0.4, 0.5) is 0 Å². The molecule has 2 heterocycles. The molecule has 3 atom stereocenters. The SMILES string of the molecule is C[C@@H]1C(=O)N[C@H](c2ccn(C)n2)[C@H]1[N+](=O)[O-]. The molecule has 16 heavy (non-hydrogen) atoms. The van der Waals surface area contributed by atoms with Crippen molar-refractivity contribution in [1.29, 1.82) is 0 Å². The zero-order chi connectivity index (χ0) is 11.9. The van der Waals surface area contributed by atoms with Crippen LogP contribution in [0.1, 0.15) is 18.7 Å². The summed E-state index contributed by atoms with van der Waals surface area (Å²) in [4.78, 5) is 21.9. The molecule has 1 aromatic rings. The molecule has 86 valence electrons. The Hall–Kier alpha value is -1.92. The van der Waals surface area contributed by atoms with Crippen molar-refractivity contribution >= 4 is 5.91 Å². The topological polar surface area (TPSA) is 90.1 Å². The molecule has 0 unspecified atom stereocenters. The zero-order valence-corrected chi connectivity index (χ0v) is 8.95. The lowest BCUT2D eigenvalue weighted by atomic mass is 9.99. The number of hydrogen-bond donors (Lipinski definition) is 1. The maximum absolute atomic E-state index is 11.4. The lowest BCUT2D eigenvalue weighted by Gasteiger charge is -2.11. The standard InChI is InChI=1S/C9H12N4O3/c1-5-8(13(15)16)7(10-9(5)14)6-3-4-12(2)11-6/h3-5,7-8H,1-2H3,(H,10,14)/t5-,7+,8-/m0/s1. The maximum atomic E-state index is 11.4. The summed E-state index contributed by atoms with van der Waals surface area (Å²) in [5, 5.41) is 17.6. The zero-order valence-electron chi connectivity index (χ0n) is 8.95. The first-order valence-corrected chi connectivity index (χ1v) is 4.94. The Labute approximate surface area is 91.6 Å². The number of aryl methyl sites for hydroxylation is 1. The van der Waals surface area contributed by atoms with E-state index in [-0.39, 0.29) is 5.91 Å². The van der Waals surface area contributed by atoms with E-state index in [0.29, 0.717) is 5.69 Å². The molecular formula is C9H12N4O3. The number of rotatable bonds is 2. The molecule has 1 aromatic heterocycles. The first kappa shape index (κ1) is 10.6. The second-order valence-corrected chi connectivity index (χ2v) is 3.97. The number of amides is 1. The van der Waals surface area contributed by atoms with Gasteiger partial charge in [0, 0.05) is 18.2 Å². The van der Waals surface area contributed by atoms with Crippen LogP contribution in [0.3, 0.4) is 0 Å². The minimum atomic E-state index is -0.942. The van der Waals surface area contributed by atoms with E-state index < -0.39 is 22.9 Å². The van der Waals surface area contributed by atoms with Gasteiger partial charge in [-0.15, -0.1) is 0 Å². The summed E-state index contributed by atoms with van der Waals surface area (Å²) in [5.41, 5.74) is 0.530. The lowest BCUT2D eigenvalue weighted by molar-refractivity contribution is -0.530. The molecule has 0 radical (unpaired) electrons. The van der Waals surface area contributed by atoms with Gasteiger partial charge in [-0.2, -0.15) is 5.10 Å². The van der Waals surface area contributed by atoms with E-state index in [1.165, 1.54) is 0 Å². The van der Waals surface area contributed by atoms with E-state index >= 15 is 0 Å². The fourth-order valence-corrected chi connectivity index (χ4v) is 1.97. The highest BCUT2D eigenvalue weighted by molar-refractivity contribution is 5.82.